The van der Waals surface area contributed by atoms with E-state index in [0.29, 0.717) is 35.9 Å². The number of hydrogen-bond acceptors (Lipinski definition) is 8. The Kier molecular flexibility index (Phi) is 9.60. The lowest BCUT2D eigenvalue weighted by molar-refractivity contribution is -0.895. The van der Waals surface area contributed by atoms with Gasteiger partial charge < -0.3 is 18.7 Å². The predicted molar refractivity (Wildman–Crippen MR) is 174 cm³/mol. The Morgan fingerprint density at radius 3 is 2.15 bits per heavy atom. The van der Waals surface area contributed by atoms with E-state index >= 15 is 0 Å². The van der Waals surface area contributed by atoms with E-state index in [0.717, 1.165) is 42.4 Å². The summed E-state index contributed by atoms with van der Waals surface area (Å²) in [7, 11) is 1.99. The van der Waals surface area contributed by atoms with Crippen LogP contribution in [0.3, 0.4) is 0 Å². The number of carbonyl (C=O) groups is 2. The van der Waals surface area contributed by atoms with Crippen molar-refractivity contribution in [2.24, 2.45) is 16.7 Å². The Morgan fingerprint density at radius 1 is 1.02 bits per heavy atom. The molecule has 2 aliphatic carbocycles. The van der Waals surface area contributed by atoms with Gasteiger partial charge in [0.25, 0.3) is 5.91 Å². The van der Waals surface area contributed by atoms with Crippen LogP contribution in [-0.2, 0) is 14.9 Å². The molecule has 47 heavy (non-hydrogen) atoms. The van der Waals surface area contributed by atoms with E-state index in [1.807, 2.05) is 37.9 Å². The van der Waals surface area contributed by atoms with Crippen LogP contribution in [0.5, 0.6) is 11.5 Å². The first-order valence-corrected chi connectivity index (χ1v) is 17.5. The number of ketones is 1. The van der Waals surface area contributed by atoms with Gasteiger partial charge in [0, 0.05) is 49.5 Å². The Balaban J connectivity index is 0.000000241. The molecule has 6 rings (SSSR count). The Labute approximate surface area is 276 Å². The third kappa shape index (κ3) is 7.55. The molecule has 3 fully saturated rings. The second-order valence-corrected chi connectivity index (χ2v) is 15.6. The SMILES string of the molecule is CC1(C)C2CCC1(CS(=O)(=O)[O-])C(=O)C2.CN(C(=O)c1ccnc(-c2ccc(Oc3ccc(F)cc3)cc2)n1)C1CC[N+](C)(C)CC1. The number of quaternary nitrogens is 1. The van der Waals surface area contributed by atoms with Crippen LogP contribution in [0, 0.1) is 22.6 Å². The maximum Gasteiger partial charge on any atom is 0.272 e. The predicted octanol–water partition coefficient (Wildman–Crippen LogP) is 5.31. The van der Waals surface area contributed by atoms with Gasteiger partial charge in [-0.1, -0.05) is 13.8 Å². The lowest BCUT2D eigenvalue weighted by Crippen LogP contribution is -2.52. The largest absolute Gasteiger partial charge is 0.748 e. The van der Waals surface area contributed by atoms with Crippen molar-refractivity contribution in [3.05, 3.63) is 72.3 Å². The monoisotopic (exact) mass is 666 g/mol. The van der Waals surface area contributed by atoms with E-state index in [1.165, 1.54) is 12.1 Å². The van der Waals surface area contributed by atoms with E-state index in [1.54, 1.807) is 36.5 Å². The van der Waals surface area contributed by atoms with Crippen LogP contribution in [0.15, 0.2) is 60.8 Å². The van der Waals surface area contributed by atoms with Crippen molar-refractivity contribution in [2.45, 2.75) is 52.0 Å². The van der Waals surface area contributed by atoms with Crippen LogP contribution < -0.4 is 4.74 Å². The van der Waals surface area contributed by atoms with Gasteiger partial charge in [-0.2, -0.15) is 0 Å². The number of piperidine rings is 1. The maximum atomic E-state index is 13.1. The lowest BCUT2D eigenvalue weighted by atomic mass is 9.70. The van der Waals surface area contributed by atoms with Gasteiger partial charge in [-0.15, -0.1) is 0 Å². The molecule has 10 nitrogen and oxygen atoms in total. The Hall–Kier alpha value is -3.74. The summed E-state index contributed by atoms with van der Waals surface area (Å²) in [5, 5.41) is 0. The number of fused-ring (bicyclic) bond motifs is 2. The number of nitrogens with zero attached hydrogens (tertiary/aromatic N) is 4. The Bertz CT molecular complexity index is 1720. The molecule has 12 heteroatoms. The first-order valence-electron chi connectivity index (χ1n) is 15.9. The van der Waals surface area contributed by atoms with Crippen LogP contribution >= 0.6 is 0 Å². The molecule has 2 bridgehead atoms. The summed E-state index contributed by atoms with van der Waals surface area (Å²) in [6, 6.07) is 15.0. The van der Waals surface area contributed by atoms with Crippen LogP contribution in [0.25, 0.3) is 11.4 Å². The number of amides is 1. The zero-order valence-corrected chi connectivity index (χ0v) is 28.4. The first-order chi connectivity index (χ1) is 22.0. The molecule has 0 radical (unpaired) electrons. The highest BCUT2D eigenvalue weighted by Crippen LogP contribution is 2.64. The minimum atomic E-state index is -4.33. The summed E-state index contributed by atoms with van der Waals surface area (Å²) in [6.07, 6.45) is 5.47. The standard InChI is InChI=1S/C25H28FN4O2.C10H16O4S/c1-29(20-13-16-30(2,3)17-14-20)25(31)23-12-15-27-24(28-23)18-4-8-21(9-5-18)32-22-10-6-19(26)7-11-22;1-9(2)7-3-4-10(9,8(11)5-7)6-15(12,13)14/h4-12,15,20H,13-14,16-17H2,1-3H3;7H,3-6H2,1-2H3,(H,12,13,14)/q+1;/p-1. The molecular weight excluding hydrogens is 623 g/mol. The summed E-state index contributed by atoms with van der Waals surface area (Å²) in [5.74, 6) is 0.983. The van der Waals surface area contributed by atoms with Gasteiger partial charge in [0.1, 0.15) is 28.8 Å². The molecule has 2 unspecified atom stereocenters. The quantitative estimate of drug-likeness (QED) is 0.245. The molecule has 2 saturated carbocycles. The second-order valence-electron chi connectivity index (χ2n) is 14.2. The smallest absolute Gasteiger partial charge is 0.272 e. The highest BCUT2D eigenvalue weighted by atomic mass is 32.2. The number of carbonyl (C=O) groups excluding carboxylic acids is 2. The molecular formula is C35H43FN4O6S. The van der Waals surface area contributed by atoms with Gasteiger partial charge in [-0.05, 0) is 78.8 Å². The first kappa shape index (κ1) is 34.6. The normalized spacial score (nSPS) is 23.1. The van der Waals surface area contributed by atoms with Gasteiger partial charge in [0.05, 0.1) is 43.1 Å². The molecule has 3 aliphatic rings. The summed E-state index contributed by atoms with van der Waals surface area (Å²) < 4.78 is 52.5. The van der Waals surface area contributed by atoms with Gasteiger partial charge in [0.2, 0.25) is 0 Å². The van der Waals surface area contributed by atoms with Crippen molar-refractivity contribution in [2.75, 3.05) is 40.0 Å². The van der Waals surface area contributed by atoms with Gasteiger partial charge in [-0.25, -0.2) is 22.8 Å². The van der Waals surface area contributed by atoms with E-state index in [9.17, 15) is 27.0 Å². The molecule has 1 saturated heterocycles. The molecule has 2 heterocycles. The van der Waals surface area contributed by atoms with E-state index in [-0.39, 0.29) is 34.9 Å². The highest BCUT2D eigenvalue weighted by molar-refractivity contribution is 7.85. The summed E-state index contributed by atoms with van der Waals surface area (Å²) >= 11 is 0. The molecule has 3 aromatic rings. The fourth-order valence-corrected chi connectivity index (χ4v) is 8.61. The van der Waals surface area contributed by atoms with Crippen molar-refractivity contribution >= 4 is 21.8 Å². The van der Waals surface area contributed by atoms with Crippen LogP contribution in [0.1, 0.15) is 56.4 Å². The lowest BCUT2D eigenvalue weighted by Gasteiger charge is -2.40. The number of Topliss-reactive ketones (excluding diaryl/α,β-unsaturated/α-hetero) is 1. The average molecular weight is 667 g/mol. The third-order valence-corrected chi connectivity index (χ3v) is 11.4. The van der Waals surface area contributed by atoms with Gasteiger partial charge in [0.15, 0.2) is 5.82 Å². The van der Waals surface area contributed by atoms with E-state index < -0.39 is 21.3 Å². The average Bonchev–Trinajstić information content (AvgIpc) is 3.36. The number of benzene rings is 2. The van der Waals surface area contributed by atoms with Crippen LogP contribution in [0.2, 0.25) is 0 Å². The molecule has 0 spiro atoms. The topological polar surface area (TPSA) is 130 Å². The highest BCUT2D eigenvalue weighted by Gasteiger charge is 2.64. The van der Waals surface area contributed by atoms with Crippen molar-refractivity contribution in [3.63, 3.8) is 0 Å². The third-order valence-electron chi connectivity index (χ3n) is 10.6. The summed E-state index contributed by atoms with van der Waals surface area (Å²) in [5.41, 5.74) is -0.0475. The van der Waals surface area contributed by atoms with Crippen molar-refractivity contribution in [1.29, 1.82) is 0 Å². The fourth-order valence-electron chi connectivity index (χ4n) is 7.32. The maximum absolute atomic E-state index is 13.1. The molecule has 0 N–H and O–H groups in total. The molecule has 252 valence electrons. The van der Waals surface area contributed by atoms with Crippen LogP contribution in [0.4, 0.5) is 4.39 Å². The van der Waals surface area contributed by atoms with Gasteiger partial charge >= 0.3 is 0 Å². The molecule has 2 aromatic carbocycles. The zero-order valence-electron chi connectivity index (χ0n) is 27.6. The van der Waals surface area contributed by atoms with E-state index in [4.69, 9.17) is 4.74 Å². The Morgan fingerprint density at radius 2 is 1.62 bits per heavy atom. The van der Waals surface area contributed by atoms with E-state index in [2.05, 4.69) is 24.1 Å². The number of rotatable bonds is 7. The zero-order chi connectivity index (χ0) is 34.2. The fraction of sp³-hybridized carbons (Fsp3) is 0.486. The van der Waals surface area contributed by atoms with Gasteiger partial charge in [-0.3, -0.25) is 9.59 Å². The molecule has 2 atom stereocenters. The number of hydrogen-bond donors (Lipinski definition) is 0. The molecule has 1 amide bonds. The minimum Gasteiger partial charge on any atom is -0.748 e. The number of halogens is 1. The van der Waals surface area contributed by atoms with Crippen LogP contribution in [-0.4, -0.2) is 90.0 Å². The molecule has 1 aromatic heterocycles. The summed E-state index contributed by atoms with van der Waals surface area (Å²) in [4.78, 5) is 35.6. The number of likely N-dealkylation sites (tertiary alicyclic amines) is 1. The second kappa shape index (κ2) is 13.0. The number of ether oxygens (including phenoxy) is 1. The summed E-state index contributed by atoms with van der Waals surface area (Å²) in [6.45, 7) is 5.95. The number of aromatic nitrogens is 2. The van der Waals surface area contributed by atoms with Crippen molar-refractivity contribution in [3.8, 4) is 22.9 Å². The van der Waals surface area contributed by atoms with Crippen molar-refractivity contribution < 1.29 is 36.2 Å². The minimum absolute atomic E-state index is 0.0248. The molecule has 1 aliphatic heterocycles. The van der Waals surface area contributed by atoms with Crippen molar-refractivity contribution in [1.82, 2.24) is 14.9 Å².